The number of sulfonamides is 1. The number of nitrogens with zero attached hydrogens (tertiary/aromatic N) is 2. The molecule has 120 valence electrons. The molecule has 2 aromatic heterocycles. The molecule has 0 saturated heterocycles. The Labute approximate surface area is 136 Å². The van der Waals surface area contributed by atoms with E-state index in [1.165, 1.54) is 23.5 Å². The molecule has 0 aliphatic heterocycles. The minimum Gasteiger partial charge on any atom is -0.347 e. The number of carbonyl (C=O) groups is 1. The highest BCUT2D eigenvalue weighted by Crippen LogP contribution is 2.17. The number of imidazole rings is 1. The number of primary sulfonamides is 1. The van der Waals surface area contributed by atoms with E-state index >= 15 is 0 Å². The summed E-state index contributed by atoms with van der Waals surface area (Å²) in [6.45, 7) is 2.07. The second-order valence-corrected chi connectivity index (χ2v) is 7.41. The van der Waals surface area contributed by atoms with Gasteiger partial charge < -0.3 is 5.32 Å². The SMILES string of the molecule is Cc1nc2sccn2c1C(=O)NCc1ccc(S(N)(=O)=O)cc1. The van der Waals surface area contributed by atoms with E-state index in [-0.39, 0.29) is 17.3 Å². The fraction of sp³-hybridized carbons (Fsp3) is 0.143. The zero-order chi connectivity index (χ0) is 16.6. The van der Waals surface area contributed by atoms with Crippen LogP contribution >= 0.6 is 11.3 Å². The Hall–Kier alpha value is -2.23. The van der Waals surface area contributed by atoms with Gasteiger partial charge in [-0.15, -0.1) is 11.3 Å². The second-order valence-electron chi connectivity index (χ2n) is 4.97. The predicted octanol–water partition coefficient (Wildman–Crippen LogP) is 1.28. The first kappa shape index (κ1) is 15.7. The molecule has 0 saturated carbocycles. The molecular formula is C14H14N4O3S2. The third-order valence-electron chi connectivity index (χ3n) is 3.36. The Balaban J connectivity index is 1.74. The molecule has 2 heterocycles. The van der Waals surface area contributed by atoms with Crippen molar-refractivity contribution >= 4 is 32.2 Å². The first-order chi connectivity index (χ1) is 10.9. The Morgan fingerprint density at radius 3 is 2.70 bits per heavy atom. The zero-order valence-electron chi connectivity index (χ0n) is 12.2. The summed E-state index contributed by atoms with van der Waals surface area (Å²) in [5.41, 5.74) is 1.94. The normalized spacial score (nSPS) is 11.7. The number of rotatable bonds is 4. The maximum absolute atomic E-state index is 12.4. The summed E-state index contributed by atoms with van der Waals surface area (Å²) in [5, 5.41) is 9.72. The molecule has 0 fully saturated rings. The number of fused-ring (bicyclic) bond motifs is 1. The molecule has 0 aliphatic rings. The van der Waals surface area contributed by atoms with Gasteiger partial charge in [0.05, 0.1) is 10.6 Å². The average Bonchev–Trinajstić information content (AvgIpc) is 3.04. The highest BCUT2D eigenvalue weighted by Gasteiger charge is 2.17. The quantitative estimate of drug-likeness (QED) is 0.739. The van der Waals surface area contributed by atoms with Crippen molar-refractivity contribution in [1.82, 2.24) is 14.7 Å². The lowest BCUT2D eigenvalue weighted by Crippen LogP contribution is -2.24. The minimum atomic E-state index is -3.71. The van der Waals surface area contributed by atoms with Crippen molar-refractivity contribution in [3.05, 3.63) is 52.8 Å². The van der Waals surface area contributed by atoms with Gasteiger partial charge in [-0.05, 0) is 24.6 Å². The van der Waals surface area contributed by atoms with Gasteiger partial charge in [-0.3, -0.25) is 9.20 Å². The van der Waals surface area contributed by atoms with Gasteiger partial charge >= 0.3 is 0 Å². The second kappa shape index (κ2) is 5.76. The molecule has 3 aromatic rings. The van der Waals surface area contributed by atoms with E-state index in [0.29, 0.717) is 11.4 Å². The number of hydrogen-bond acceptors (Lipinski definition) is 5. The molecule has 3 rings (SSSR count). The van der Waals surface area contributed by atoms with E-state index in [1.54, 1.807) is 29.7 Å². The minimum absolute atomic E-state index is 0.0409. The van der Waals surface area contributed by atoms with E-state index in [0.717, 1.165) is 10.5 Å². The topological polar surface area (TPSA) is 107 Å². The first-order valence-electron chi connectivity index (χ1n) is 6.68. The molecule has 0 radical (unpaired) electrons. The van der Waals surface area contributed by atoms with Crippen LogP contribution in [0.2, 0.25) is 0 Å². The van der Waals surface area contributed by atoms with Crippen LogP contribution in [0.4, 0.5) is 0 Å². The molecule has 0 atom stereocenters. The maximum Gasteiger partial charge on any atom is 0.270 e. The molecule has 3 N–H and O–H groups in total. The van der Waals surface area contributed by atoms with Gasteiger partial charge in [0, 0.05) is 18.1 Å². The summed E-state index contributed by atoms with van der Waals surface area (Å²) in [7, 11) is -3.71. The molecule has 0 spiro atoms. The molecule has 7 nitrogen and oxygen atoms in total. The van der Waals surface area contributed by atoms with Gasteiger partial charge in [0.25, 0.3) is 5.91 Å². The fourth-order valence-corrected chi connectivity index (χ4v) is 3.51. The molecular weight excluding hydrogens is 336 g/mol. The Bertz CT molecular complexity index is 971. The van der Waals surface area contributed by atoms with Crippen LogP contribution in [0.5, 0.6) is 0 Å². The number of benzene rings is 1. The van der Waals surface area contributed by atoms with Gasteiger partial charge in [0.15, 0.2) is 4.96 Å². The Kier molecular flexibility index (Phi) is 3.92. The number of hydrogen-bond donors (Lipinski definition) is 2. The van der Waals surface area contributed by atoms with Gasteiger partial charge in [-0.2, -0.15) is 0 Å². The number of nitrogens with two attached hydrogens (primary N) is 1. The monoisotopic (exact) mass is 350 g/mol. The third-order valence-corrected chi connectivity index (χ3v) is 5.04. The Morgan fingerprint density at radius 1 is 1.35 bits per heavy atom. The van der Waals surface area contributed by atoms with E-state index in [4.69, 9.17) is 5.14 Å². The number of amides is 1. The van der Waals surface area contributed by atoms with Crippen LogP contribution in [-0.4, -0.2) is 23.7 Å². The summed E-state index contributed by atoms with van der Waals surface area (Å²) < 4.78 is 24.2. The van der Waals surface area contributed by atoms with Crippen LogP contribution < -0.4 is 10.5 Å². The van der Waals surface area contributed by atoms with Crippen LogP contribution in [-0.2, 0) is 16.6 Å². The highest BCUT2D eigenvalue weighted by atomic mass is 32.2. The highest BCUT2D eigenvalue weighted by molar-refractivity contribution is 7.89. The molecule has 1 aromatic carbocycles. The first-order valence-corrected chi connectivity index (χ1v) is 9.11. The van der Waals surface area contributed by atoms with Gasteiger partial charge in [-0.25, -0.2) is 18.5 Å². The number of nitrogens with one attached hydrogen (secondary N) is 1. The smallest absolute Gasteiger partial charge is 0.270 e. The molecule has 9 heteroatoms. The van der Waals surface area contributed by atoms with Crippen molar-refractivity contribution in [3.63, 3.8) is 0 Å². The molecule has 1 amide bonds. The van der Waals surface area contributed by atoms with Crippen molar-refractivity contribution in [1.29, 1.82) is 0 Å². The van der Waals surface area contributed by atoms with Crippen LogP contribution in [0.3, 0.4) is 0 Å². The van der Waals surface area contributed by atoms with Crippen molar-refractivity contribution in [2.75, 3.05) is 0 Å². The standard InChI is InChI=1S/C14H14N4O3S2/c1-9-12(18-6-7-22-14(18)17-9)13(19)16-8-10-2-4-11(5-3-10)23(15,20)21/h2-7H,8H2,1H3,(H,16,19)(H2,15,20,21). The molecule has 23 heavy (non-hydrogen) atoms. The van der Waals surface area contributed by atoms with E-state index in [2.05, 4.69) is 10.3 Å². The lowest BCUT2D eigenvalue weighted by atomic mass is 10.2. The van der Waals surface area contributed by atoms with E-state index < -0.39 is 10.0 Å². The number of aryl methyl sites for hydroxylation is 1. The number of aromatic nitrogens is 2. The predicted molar refractivity (Wildman–Crippen MR) is 86.8 cm³/mol. The summed E-state index contributed by atoms with van der Waals surface area (Å²) in [4.78, 5) is 17.5. The molecule has 0 unspecified atom stereocenters. The molecule has 0 aliphatic carbocycles. The van der Waals surface area contributed by atoms with Crippen molar-refractivity contribution in [2.45, 2.75) is 18.4 Å². The van der Waals surface area contributed by atoms with Crippen LogP contribution in [0, 0.1) is 6.92 Å². The lowest BCUT2D eigenvalue weighted by molar-refractivity contribution is 0.0944. The number of thiazole rings is 1. The van der Waals surface area contributed by atoms with Gasteiger partial charge in [0.1, 0.15) is 5.69 Å². The van der Waals surface area contributed by atoms with Gasteiger partial charge in [-0.1, -0.05) is 12.1 Å². The Morgan fingerprint density at radius 2 is 2.04 bits per heavy atom. The van der Waals surface area contributed by atoms with Crippen molar-refractivity contribution < 1.29 is 13.2 Å². The van der Waals surface area contributed by atoms with Crippen LogP contribution in [0.25, 0.3) is 4.96 Å². The van der Waals surface area contributed by atoms with Crippen molar-refractivity contribution in [3.8, 4) is 0 Å². The largest absolute Gasteiger partial charge is 0.347 e. The lowest BCUT2D eigenvalue weighted by Gasteiger charge is -2.06. The van der Waals surface area contributed by atoms with Crippen LogP contribution in [0.15, 0.2) is 40.7 Å². The van der Waals surface area contributed by atoms with Gasteiger partial charge in [0.2, 0.25) is 10.0 Å². The average molecular weight is 350 g/mol. The third kappa shape index (κ3) is 3.11. The fourth-order valence-electron chi connectivity index (χ4n) is 2.23. The maximum atomic E-state index is 12.4. The van der Waals surface area contributed by atoms with Crippen molar-refractivity contribution in [2.24, 2.45) is 5.14 Å². The van der Waals surface area contributed by atoms with Crippen LogP contribution in [0.1, 0.15) is 21.7 Å². The summed E-state index contributed by atoms with van der Waals surface area (Å²) in [6.07, 6.45) is 1.80. The molecule has 0 bridgehead atoms. The summed E-state index contributed by atoms with van der Waals surface area (Å²) >= 11 is 1.46. The van der Waals surface area contributed by atoms with E-state index in [1.807, 2.05) is 5.38 Å². The van der Waals surface area contributed by atoms with E-state index in [9.17, 15) is 13.2 Å². The summed E-state index contributed by atoms with van der Waals surface area (Å²) in [6, 6.07) is 6.06. The number of carbonyl (C=O) groups excluding carboxylic acids is 1. The zero-order valence-corrected chi connectivity index (χ0v) is 13.8. The summed E-state index contributed by atoms with van der Waals surface area (Å²) in [5.74, 6) is -0.232.